The van der Waals surface area contributed by atoms with Gasteiger partial charge in [-0.25, -0.2) is 34.3 Å². The minimum absolute atomic E-state index is 0.0874. The topological polar surface area (TPSA) is 252 Å². The number of hydrogen-bond acceptors (Lipinski definition) is 17. The number of hydrogen-bond donors (Lipinski definition) is 4. The van der Waals surface area contributed by atoms with E-state index in [1.807, 2.05) is 0 Å². The van der Waals surface area contributed by atoms with Crippen molar-refractivity contribution >= 4 is 67.5 Å². The van der Waals surface area contributed by atoms with E-state index in [4.69, 9.17) is 50.8 Å². The molecular formula is C20H25BFN10O9P2S-. The molecule has 3 fully saturated rings. The average molecular weight is 673 g/mol. The minimum atomic E-state index is -4.13. The molecule has 44 heavy (non-hydrogen) atoms. The number of alkyl halides is 1. The second kappa shape index (κ2) is 11.0. The number of ether oxygens (including phenoxy) is 2. The van der Waals surface area contributed by atoms with Crippen molar-refractivity contribution in [1.29, 1.82) is 0 Å². The second-order valence-corrected chi connectivity index (χ2v) is 13.4. The van der Waals surface area contributed by atoms with E-state index >= 15 is 4.39 Å². The van der Waals surface area contributed by atoms with Crippen LogP contribution in [0.15, 0.2) is 25.3 Å². The van der Waals surface area contributed by atoms with Crippen molar-refractivity contribution in [2.45, 2.75) is 49.1 Å². The molecule has 4 aromatic rings. The highest BCUT2D eigenvalue weighted by molar-refractivity contribution is 8.07. The van der Waals surface area contributed by atoms with E-state index in [-0.39, 0.29) is 34.0 Å². The molecule has 7 rings (SSSR count). The maximum Gasteiger partial charge on any atom is 0.325 e. The first kappa shape index (κ1) is 29.9. The van der Waals surface area contributed by atoms with E-state index in [1.54, 1.807) is 0 Å². The van der Waals surface area contributed by atoms with Crippen LogP contribution in [0.3, 0.4) is 0 Å². The lowest BCUT2D eigenvalue weighted by Gasteiger charge is -2.31. The largest absolute Gasteiger partial charge is 0.386 e. The summed E-state index contributed by atoms with van der Waals surface area (Å²) in [6.45, 7) is -5.06. The fraction of sp³-hybridized carbons (Fsp3) is 0.500. The summed E-state index contributed by atoms with van der Waals surface area (Å²) in [4.78, 5) is 35.4. The number of halogens is 1. The molecule has 0 saturated carbocycles. The molecular weight excluding hydrogens is 648 g/mol. The summed E-state index contributed by atoms with van der Waals surface area (Å²) >= 11 is 5.24. The minimum Gasteiger partial charge on any atom is -0.386 e. The zero-order chi connectivity index (χ0) is 31.0. The summed E-state index contributed by atoms with van der Waals surface area (Å²) in [5, 5.41) is 11.3. The maximum absolute atomic E-state index is 16.0. The van der Waals surface area contributed by atoms with Gasteiger partial charge in [0.2, 0.25) is 0 Å². The predicted octanol–water partition coefficient (Wildman–Crippen LogP) is -1.17. The monoisotopic (exact) mass is 673 g/mol. The van der Waals surface area contributed by atoms with E-state index in [0.29, 0.717) is 0 Å². The van der Waals surface area contributed by atoms with E-state index in [0.717, 1.165) is 0 Å². The van der Waals surface area contributed by atoms with Gasteiger partial charge in [-0.05, 0) is 11.8 Å². The standard InChI is InChI=1S/C20H25BFN10O9P2S/c21-42(34)36-1-8-14(12(33)20(39-8)32-6-30-11-16(24)26-4-28-18(11)32)41-43(35,44)37-2-7-13(40-42)9(22)19(38-7)31-5-29-10-15(23)25-3-27-17(10)31/h3-9,12-14,19-20,33H,1-2H2,21H3,(H,35,44)(H2,23,25,27)(H2,24,26,28)/q-1/t7-,8-,9+,12?,13?,14+,19-,20-,42?,43?/m1/s1. The summed E-state index contributed by atoms with van der Waals surface area (Å²) in [7, 11) is -4.99. The molecule has 0 bridgehead atoms. The van der Waals surface area contributed by atoms with Crippen LogP contribution in [0.5, 0.6) is 0 Å². The Morgan fingerprint density at radius 1 is 0.886 bits per heavy atom. The smallest absolute Gasteiger partial charge is 0.325 e. The number of nitrogens with two attached hydrogens (primary N) is 2. The van der Waals surface area contributed by atoms with Crippen molar-refractivity contribution in [3.05, 3.63) is 25.3 Å². The number of rotatable bonds is 2. The third kappa shape index (κ3) is 5.19. The lowest BCUT2D eigenvalue weighted by Crippen LogP contribution is -2.38. The van der Waals surface area contributed by atoms with Gasteiger partial charge >= 0.3 is 6.72 Å². The number of aliphatic hydroxyl groups is 1. The van der Waals surface area contributed by atoms with Gasteiger partial charge in [-0.2, -0.15) is 0 Å². The van der Waals surface area contributed by atoms with Crippen molar-refractivity contribution in [3.8, 4) is 0 Å². The fourth-order valence-corrected chi connectivity index (χ4v) is 7.35. The Labute approximate surface area is 252 Å². The number of aromatic nitrogens is 8. The number of fused-ring (bicyclic) bond motifs is 4. The fourth-order valence-electron chi connectivity index (χ4n) is 5.12. The van der Waals surface area contributed by atoms with Crippen LogP contribution in [0.1, 0.15) is 12.5 Å². The molecule has 0 amide bonds. The molecule has 19 nitrogen and oxygen atoms in total. The van der Waals surface area contributed by atoms with Crippen molar-refractivity contribution in [2.75, 3.05) is 24.7 Å². The highest BCUT2D eigenvalue weighted by Crippen LogP contribution is 2.54. The highest BCUT2D eigenvalue weighted by Gasteiger charge is 2.52. The van der Waals surface area contributed by atoms with Gasteiger partial charge in [0.05, 0.1) is 33.4 Å². The highest BCUT2D eigenvalue weighted by atomic mass is 32.5. The Hall–Kier alpha value is -2.75. The summed E-state index contributed by atoms with van der Waals surface area (Å²) in [5.74, 6) is 0.203. The third-order valence-corrected chi connectivity index (χ3v) is 9.44. The van der Waals surface area contributed by atoms with Gasteiger partial charge in [0.15, 0.2) is 41.6 Å². The van der Waals surface area contributed by atoms with Crippen LogP contribution in [0, 0.1) is 0 Å². The normalized spacial score (nSPS) is 38.3. The SMILES string of the molecule is [BH3-]P1(=O)OC[C@H]2O[C@@H](n3cnc4c(N)ncnc43)C(O)[C@H]2OP(O)(=S)OC[C@H]2O[C@@H](n3cnc4c(N)ncnc43)[C@@H](F)C2O1. The van der Waals surface area contributed by atoms with Crippen molar-refractivity contribution in [1.82, 2.24) is 39.0 Å². The third-order valence-electron chi connectivity index (χ3n) is 7.11. The van der Waals surface area contributed by atoms with Crippen LogP contribution in [0.2, 0.25) is 0 Å². The van der Waals surface area contributed by atoms with E-state index in [1.165, 1.54) is 34.4 Å². The average Bonchev–Trinajstić information content (AvgIpc) is 3.73. The lowest BCUT2D eigenvalue weighted by atomic mass is 10.1. The van der Waals surface area contributed by atoms with Gasteiger partial charge < -0.3 is 49.1 Å². The Bertz CT molecular complexity index is 1710. The molecule has 3 aliphatic rings. The number of anilines is 2. The second-order valence-electron chi connectivity index (χ2n) is 9.65. The molecule has 6 N–H and O–H groups in total. The first-order valence-electron chi connectivity index (χ1n) is 12.5. The zero-order valence-corrected chi connectivity index (χ0v) is 24.1. The van der Waals surface area contributed by atoms with Crippen LogP contribution < -0.4 is 11.5 Å². The molecule has 3 aliphatic heterocycles. The van der Waals surface area contributed by atoms with Crippen LogP contribution in [0.4, 0.5) is 16.0 Å². The first-order chi connectivity index (χ1) is 20.9. The van der Waals surface area contributed by atoms with E-state index < -0.39 is 84.1 Å². The summed E-state index contributed by atoms with van der Waals surface area (Å²) in [5.41, 5.74) is 12.7. The van der Waals surface area contributed by atoms with Crippen molar-refractivity contribution < 1.29 is 46.5 Å². The molecule has 0 radical (unpaired) electrons. The zero-order valence-electron chi connectivity index (χ0n) is 21.5. The number of nitrogen functional groups attached to an aromatic ring is 2. The molecule has 0 aromatic carbocycles. The molecule has 10 atom stereocenters. The predicted molar refractivity (Wildman–Crippen MR) is 154 cm³/mol. The van der Waals surface area contributed by atoms with Crippen LogP contribution in [0.25, 0.3) is 22.3 Å². The quantitative estimate of drug-likeness (QED) is 0.144. The molecule has 4 unspecified atom stereocenters. The van der Waals surface area contributed by atoms with Gasteiger partial charge in [0.25, 0.3) is 0 Å². The van der Waals surface area contributed by atoms with Crippen molar-refractivity contribution in [2.24, 2.45) is 0 Å². The molecule has 0 spiro atoms. The summed E-state index contributed by atoms with van der Waals surface area (Å²) in [6, 6.07) is 0. The molecule has 3 saturated heterocycles. The summed E-state index contributed by atoms with van der Waals surface area (Å²) in [6.07, 6.45) is -5.90. The number of aliphatic hydroxyl groups excluding tert-OH is 1. The van der Waals surface area contributed by atoms with Gasteiger partial charge in [-0.15, -0.1) is 0 Å². The molecule has 0 aliphatic carbocycles. The van der Waals surface area contributed by atoms with Crippen LogP contribution >= 0.6 is 14.2 Å². The Morgan fingerprint density at radius 3 is 2.07 bits per heavy atom. The molecule has 4 aromatic heterocycles. The van der Waals surface area contributed by atoms with Crippen LogP contribution in [-0.2, 0) is 43.9 Å². The van der Waals surface area contributed by atoms with E-state index in [2.05, 4.69) is 29.9 Å². The van der Waals surface area contributed by atoms with E-state index in [9.17, 15) is 14.6 Å². The Morgan fingerprint density at radius 2 is 1.43 bits per heavy atom. The maximum atomic E-state index is 16.0. The summed E-state index contributed by atoms with van der Waals surface area (Å²) < 4.78 is 67.1. The van der Waals surface area contributed by atoms with Crippen LogP contribution in [-0.4, -0.2) is 107 Å². The Balaban J connectivity index is 1.17. The van der Waals surface area contributed by atoms with Gasteiger partial charge in [-0.3, -0.25) is 13.7 Å². The Kier molecular flexibility index (Phi) is 7.45. The van der Waals surface area contributed by atoms with Gasteiger partial charge in [0.1, 0.15) is 61.7 Å². The first-order valence-corrected chi connectivity index (χ1v) is 16.2. The van der Waals surface area contributed by atoms with Gasteiger partial charge in [-0.1, -0.05) is 0 Å². The molecule has 24 heteroatoms. The lowest BCUT2D eigenvalue weighted by molar-refractivity contribution is -0.0572. The number of nitrogens with zero attached hydrogens (tertiary/aromatic N) is 8. The van der Waals surface area contributed by atoms with Gasteiger partial charge in [0, 0.05) is 0 Å². The molecule has 7 heterocycles. The van der Waals surface area contributed by atoms with Crippen molar-refractivity contribution in [3.63, 3.8) is 0 Å². The molecule has 236 valence electrons. The number of imidazole rings is 2.